The number of carbonyl (C=O) groups is 1. The Morgan fingerprint density at radius 1 is 1.10 bits per heavy atom. The largest absolute Gasteiger partial charge is 0.484 e. The zero-order chi connectivity index (χ0) is 27.4. The Balaban J connectivity index is 1.35. The number of rotatable bonds is 9. The van der Waals surface area contributed by atoms with Crippen LogP contribution >= 0.6 is 0 Å². The fraction of sp³-hybridized carbons (Fsp3) is 0.200. The molecule has 2 N–H and O–H groups in total. The van der Waals surface area contributed by atoms with Gasteiger partial charge in [-0.3, -0.25) is 20.0 Å². The molecule has 0 aliphatic carbocycles. The number of nitrogens with one attached hydrogen (secondary N) is 2. The van der Waals surface area contributed by atoms with Crippen LogP contribution in [0.15, 0.2) is 71.8 Å². The van der Waals surface area contributed by atoms with Gasteiger partial charge >= 0.3 is 5.69 Å². The number of H-pyrrole nitrogens is 1. The smallest absolute Gasteiger partial charge is 0.312 e. The van der Waals surface area contributed by atoms with Crippen molar-refractivity contribution in [2.45, 2.75) is 11.0 Å². The monoisotopic (exact) mass is 554 g/mol. The molecule has 1 atom stereocenters. The molecular formula is C25H22N4O9S. The summed E-state index contributed by atoms with van der Waals surface area (Å²) in [6.45, 7) is 1.08. The molecular weight excluding hydrogens is 532 g/mol. The first-order valence-electron chi connectivity index (χ1n) is 11.7. The Labute approximate surface area is 221 Å². The van der Waals surface area contributed by atoms with Crippen molar-refractivity contribution in [1.82, 2.24) is 14.9 Å². The number of hydrogen-bond donors (Lipinski definition) is 2. The van der Waals surface area contributed by atoms with Gasteiger partial charge in [0.25, 0.3) is 15.9 Å². The van der Waals surface area contributed by atoms with Crippen molar-refractivity contribution >= 4 is 32.5 Å². The fourth-order valence-corrected chi connectivity index (χ4v) is 4.86. The van der Waals surface area contributed by atoms with E-state index in [1.54, 1.807) is 36.5 Å². The average Bonchev–Trinajstić information content (AvgIpc) is 3.42. The second-order valence-electron chi connectivity index (χ2n) is 8.39. The summed E-state index contributed by atoms with van der Waals surface area (Å²) in [6.07, 6.45) is 1.15. The normalized spacial score (nSPS) is 15.5. The standard InChI is InChI=1S/C25H22N4O9S/c30-25(18-4-1-2-6-22(18)38-23-7-3-5-20-19(23)13-26-27-20)28-39(33,34)17-8-9-24(21(12-17)29(31)32)37-15-16-14-35-10-11-36-16/h1-9,12-13,16H,10-11,14-15H2,(H,26,27)(H,28,30). The molecule has 5 rings (SSSR count). The van der Waals surface area contributed by atoms with Crippen LogP contribution in [0.5, 0.6) is 17.2 Å². The van der Waals surface area contributed by atoms with Crippen molar-refractivity contribution in [3.8, 4) is 17.2 Å². The third-order valence-electron chi connectivity index (χ3n) is 5.77. The predicted octanol–water partition coefficient (Wildman–Crippen LogP) is 3.18. The summed E-state index contributed by atoms with van der Waals surface area (Å²) in [6, 6.07) is 14.4. The van der Waals surface area contributed by atoms with Gasteiger partial charge in [0, 0.05) is 6.07 Å². The number of nitro benzene ring substituents is 1. The summed E-state index contributed by atoms with van der Waals surface area (Å²) >= 11 is 0. The van der Waals surface area contributed by atoms with Gasteiger partial charge in [0.1, 0.15) is 24.2 Å². The summed E-state index contributed by atoms with van der Waals surface area (Å²) in [5, 5.41) is 19.1. The molecule has 1 aromatic heterocycles. The second kappa shape index (κ2) is 11.1. The van der Waals surface area contributed by atoms with Crippen LogP contribution in [0.2, 0.25) is 0 Å². The third kappa shape index (κ3) is 5.82. The molecule has 202 valence electrons. The molecule has 3 aromatic carbocycles. The van der Waals surface area contributed by atoms with Gasteiger partial charge in [-0.2, -0.15) is 5.10 Å². The van der Waals surface area contributed by atoms with Crippen LogP contribution in [-0.2, 0) is 19.5 Å². The first-order chi connectivity index (χ1) is 18.8. The van der Waals surface area contributed by atoms with Crippen LogP contribution in [0.1, 0.15) is 10.4 Å². The number of sulfonamides is 1. The highest BCUT2D eigenvalue weighted by molar-refractivity contribution is 7.90. The number of nitro groups is 1. The van der Waals surface area contributed by atoms with E-state index in [9.17, 15) is 23.3 Å². The molecule has 0 spiro atoms. The lowest BCUT2D eigenvalue weighted by Crippen LogP contribution is -2.33. The molecule has 1 unspecified atom stereocenters. The maximum Gasteiger partial charge on any atom is 0.312 e. The van der Waals surface area contributed by atoms with Gasteiger partial charge in [0.05, 0.1) is 52.3 Å². The van der Waals surface area contributed by atoms with Crippen LogP contribution in [0.4, 0.5) is 5.69 Å². The number of nitrogens with zero attached hydrogens (tertiary/aromatic N) is 2. The minimum absolute atomic E-state index is 0.0208. The van der Waals surface area contributed by atoms with Gasteiger partial charge in [-0.1, -0.05) is 18.2 Å². The fourth-order valence-electron chi connectivity index (χ4n) is 3.87. The molecule has 0 radical (unpaired) electrons. The second-order valence-corrected chi connectivity index (χ2v) is 10.1. The SMILES string of the molecule is O=C(NS(=O)(=O)c1ccc(OCC2COCCO2)c([N+](=O)[O-])c1)c1ccccc1Oc1cccc2[nH]ncc12. The molecule has 1 saturated heterocycles. The first kappa shape index (κ1) is 26.1. The van der Waals surface area contributed by atoms with Crippen molar-refractivity contribution in [2.24, 2.45) is 0 Å². The molecule has 0 bridgehead atoms. The lowest BCUT2D eigenvalue weighted by molar-refractivity contribution is -0.386. The topological polar surface area (TPSA) is 172 Å². The van der Waals surface area contributed by atoms with Gasteiger partial charge in [-0.15, -0.1) is 0 Å². The van der Waals surface area contributed by atoms with Crippen molar-refractivity contribution in [3.63, 3.8) is 0 Å². The summed E-state index contributed by atoms with van der Waals surface area (Å²) in [5.41, 5.74) is 0.0651. The predicted molar refractivity (Wildman–Crippen MR) is 136 cm³/mol. The van der Waals surface area contributed by atoms with Crippen molar-refractivity contribution in [1.29, 1.82) is 0 Å². The van der Waals surface area contributed by atoms with Crippen molar-refractivity contribution < 1.29 is 37.1 Å². The van der Waals surface area contributed by atoms with E-state index in [2.05, 4.69) is 10.2 Å². The number of hydrogen-bond acceptors (Lipinski definition) is 10. The lowest BCUT2D eigenvalue weighted by atomic mass is 10.2. The van der Waals surface area contributed by atoms with Gasteiger partial charge < -0.3 is 18.9 Å². The third-order valence-corrected chi connectivity index (χ3v) is 7.10. The summed E-state index contributed by atoms with van der Waals surface area (Å²) in [4.78, 5) is 23.4. The number of aromatic amines is 1. The molecule has 4 aromatic rings. The average molecular weight is 555 g/mol. The van der Waals surface area contributed by atoms with E-state index < -0.39 is 37.5 Å². The van der Waals surface area contributed by atoms with Crippen molar-refractivity contribution in [2.75, 3.05) is 26.4 Å². The van der Waals surface area contributed by atoms with E-state index in [4.69, 9.17) is 18.9 Å². The number of ether oxygens (including phenoxy) is 4. The maximum absolute atomic E-state index is 13.0. The van der Waals surface area contributed by atoms with E-state index in [0.29, 0.717) is 29.9 Å². The minimum atomic E-state index is -4.51. The maximum atomic E-state index is 13.0. The summed E-state index contributed by atoms with van der Waals surface area (Å²) in [7, 11) is -4.51. The Morgan fingerprint density at radius 3 is 2.72 bits per heavy atom. The van der Waals surface area contributed by atoms with Crippen LogP contribution in [-0.4, -0.2) is 62.0 Å². The minimum Gasteiger partial charge on any atom is -0.484 e. The molecule has 2 heterocycles. The van der Waals surface area contributed by atoms with E-state index in [1.165, 1.54) is 12.1 Å². The summed E-state index contributed by atoms with van der Waals surface area (Å²) in [5.74, 6) is -0.627. The molecule has 1 fully saturated rings. The number of fused-ring (bicyclic) bond motifs is 1. The van der Waals surface area contributed by atoms with Gasteiger partial charge in [-0.25, -0.2) is 13.1 Å². The molecule has 14 heteroatoms. The zero-order valence-corrected chi connectivity index (χ0v) is 21.1. The molecule has 1 aliphatic heterocycles. The highest BCUT2D eigenvalue weighted by Gasteiger charge is 2.26. The number of benzene rings is 3. The number of aromatic nitrogens is 2. The number of amides is 1. The van der Waals surface area contributed by atoms with Gasteiger partial charge in [0.15, 0.2) is 5.75 Å². The quantitative estimate of drug-likeness (QED) is 0.231. The van der Waals surface area contributed by atoms with E-state index in [0.717, 1.165) is 18.2 Å². The number of carbonyl (C=O) groups excluding carboxylic acids is 1. The Kier molecular flexibility index (Phi) is 7.40. The Morgan fingerprint density at radius 2 is 1.92 bits per heavy atom. The molecule has 1 aliphatic rings. The van der Waals surface area contributed by atoms with Crippen LogP contribution < -0.4 is 14.2 Å². The van der Waals surface area contributed by atoms with E-state index >= 15 is 0 Å². The van der Waals surface area contributed by atoms with E-state index in [-0.39, 0.29) is 30.3 Å². The molecule has 0 saturated carbocycles. The van der Waals surface area contributed by atoms with Crippen molar-refractivity contribution in [3.05, 3.63) is 82.5 Å². The Hall–Kier alpha value is -4.53. The van der Waals surface area contributed by atoms with Gasteiger partial charge in [0.2, 0.25) is 0 Å². The molecule has 1 amide bonds. The van der Waals surface area contributed by atoms with E-state index in [1.807, 2.05) is 4.72 Å². The zero-order valence-electron chi connectivity index (χ0n) is 20.2. The first-order valence-corrected chi connectivity index (χ1v) is 13.2. The molecule has 13 nitrogen and oxygen atoms in total. The van der Waals surface area contributed by atoms with Gasteiger partial charge in [-0.05, 0) is 36.4 Å². The van der Waals surface area contributed by atoms with Crippen LogP contribution in [0.3, 0.4) is 0 Å². The number of para-hydroxylation sites is 1. The highest BCUT2D eigenvalue weighted by atomic mass is 32.2. The lowest BCUT2D eigenvalue weighted by Gasteiger charge is -2.22. The highest BCUT2D eigenvalue weighted by Crippen LogP contribution is 2.32. The van der Waals surface area contributed by atoms with Crippen LogP contribution in [0, 0.1) is 10.1 Å². The van der Waals surface area contributed by atoms with Crippen LogP contribution in [0.25, 0.3) is 10.9 Å². The summed E-state index contributed by atoms with van der Waals surface area (Å²) < 4.78 is 50.2. The molecule has 39 heavy (non-hydrogen) atoms. The Bertz CT molecular complexity index is 1630.